The van der Waals surface area contributed by atoms with Gasteiger partial charge < -0.3 is 9.84 Å². The minimum absolute atomic E-state index is 0.132. The lowest BCUT2D eigenvalue weighted by Gasteiger charge is -2.05. The molecule has 0 aromatic rings. The molecule has 0 rings (SSSR count). The molecule has 0 radical (unpaired) electrons. The van der Waals surface area contributed by atoms with Crippen LogP contribution < -0.4 is 0 Å². The molecule has 0 aliphatic rings. The number of carboxylic acids is 1. The molecule has 0 aromatic carbocycles. The summed E-state index contributed by atoms with van der Waals surface area (Å²) in [6.45, 7) is 2.80. The van der Waals surface area contributed by atoms with Gasteiger partial charge in [0.05, 0.1) is 6.61 Å². The number of aliphatic carboxylic acids is 1. The number of carbonyl (C=O) groups excluding carboxylic acids is 1. The Balaban J connectivity index is 3.10. The smallest absolute Gasteiger partial charge is 0.305 e. The monoisotopic (exact) mass is 468 g/mol. The third kappa shape index (κ3) is 28.9. The first kappa shape index (κ1) is 31.9. The van der Waals surface area contributed by atoms with Crippen LogP contribution in [0.5, 0.6) is 0 Å². The number of ether oxygens (including phenoxy) is 1. The van der Waals surface area contributed by atoms with E-state index in [-0.39, 0.29) is 12.4 Å². The van der Waals surface area contributed by atoms with Crippen LogP contribution in [0.2, 0.25) is 0 Å². The maximum atomic E-state index is 11.5. The van der Waals surface area contributed by atoms with Crippen molar-refractivity contribution in [2.75, 3.05) is 6.61 Å². The van der Waals surface area contributed by atoms with Gasteiger partial charge in [0, 0.05) is 12.8 Å². The first-order valence-electron chi connectivity index (χ1n) is 14.5. The van der Waals surface area contributed by atoms with Gasteiger partial charge in [-0.15, -0.1) is 0 Å². The molecule has 0 saturated carbocycles. The lowest BCUT2D eigenvalue weighted by Crippen LogP contribution is -2.06. The average Bonchev–Trinajstić information content (AvgIpc) is 2.80. The highest BCUT2D eigenvalue weighted by Crippen LogP contribution is 2.15. The van der Waals surface area contributed by atoms with Gasteiger partial charge in [-0.05, 0) is 19.3 Å². The van der Waals surface area contributed by atoms with Crippen molar-refractivity contribution in [3.05, 3.63) is 0 Å². The van der Waals surface area contributed by atoms with Crippen molar-refractivity contribution in [3.63, 3.8) is 0 Å². The number of hydrogen-bond donors (Lipinski definition) is 1. The molecule has 0 heterocycles. The second kappa shape index (κ2) is 27.2. The van der Waals surface area contributed by atoms with Crippen molar-refractivity contribution in [3.8, 4) is 0 Å². The van der Waals surface area contributed by atoms with Crippen LogP contribution in [0.25, 0.3) is 0 Å². The summed E-state index contributed by atoms with van der Waals surface area (Å²) in [5, 5.41) is 8.56. The lowest BCUT2D eigenvalue weighted by atomic mass is 10.0. The van der Waals surface area contributed by atoms with Crippen molar-refractivity contribution in [2.24, 2.45) is 0 Å². The number of esters is 1. The lowest BCUT2D eigenvalue weighted by molar-refractivity contribution is -0.144. The molecule has 0 spiro atoms. The first-order valence-corrected chi connectivity index (χ1v) is 14.5. The normalized spacial score (nSPS) is 11.1. The topological polar surface area (TPSA) is 63.6 Å². The molecule has 0 atom stereocenters. The Morgan fingerprint density at radius 2 is 0.818 bits per heavy atom. The van der Waals surface area contributed by atoms with E-state index in [2.05, 4.69) is 6.92 Å². The number of carboxylic acid groups (broad SMARTS) is 1. The zero-order chi connectivity index (χ0) is 24.2. The Morgan fingerprint density at radius 3 is 1.18 bits per heavy atom. The molecular formula is C29H56O4. The zero-order valence-electron chi connectivity index (χ0n) is 22.1. The van der Waals surface area contributed by atoms with E-state index < -0.39 is 5.97 Å². The Hall–Kier alpha value is -1.06. The van der Waals surface area contributed by atoms with Crippen LogP contribution in [0.4, 0.5) is 0 Å². The highest BCUT2D eigenvalue weighted by molar-refractivity contribution is 5.69. The minimum Gasteiger partial charge on any atom is -0.481 e. The molecule has 4 heteroatoms. The highest BCUT2D eigenvalue weighted by Gasteiger charge is 2.04. The van der Waals surface area contributed by atoms with E-state index >= 15 is 0 Å². The second-order valence-electron chi connectivity index (χ2n) is 9.89. The van der Waals surface area contributed by atoms with Gasteiger partial charge >= 0.3 is 11.9 Å². The van der Waals surface area contributed by atoms with Crippen LogP contribution in [0.1, 0.15) is 167 Å². The number of hydrogen-bond acceptors (Lipinski definition) is 3. The van der Waals surface area contributed by atoms with Crippen molar-refractivity contribution in [1.29, 1.82) is 0 Å². The third-order valence-electron chi connectivity index (χ3n) is 6.53. The maximum Gasteiger partial charge on any atom is 0.305 e. The van der Waals surface area contributed by atoms with Gasteiger partial charge in [0.25, 0.3) is 0 Å². The molecule has 0 aliphatic carbocycles. The summed E-state index contributed by atoms with van der Waals surface area (Å²) < 4.78 is 5.20. The molecule has 1 N–H and O–H groups in total. The highest BCUT2D eigenvalue weighted by atomic mass is 16.5. The molecule has 0 aliphatic heterocycles. The van der Waals surface area contributed by atoms with Crippen molar-refractivity contribution in [1.82, 2.24) is 0 Å². The molecule has 0 amide bonds. The Morgan fingerprint density at radius 1 is 0.485 bits per heavy atom. The molecule has 4 nitrogen and oxygen atoms in total. The summed E-state index contributed by atoms with van der Waals surface area (Å²) in [7, 11) is 0. The molecule has 0 fully saturated rings. The SMILES string of the molecule is CCCCCCCCCCCCCCCCCCCCCCCOC(=O)CCCCC(=O)O. The molecule has 0 aromatic heterocycles. The second-order valence-corrected chi connectivity index (χ2v) is 9.89. The van der Waals surface area contributed by atoms with E-state index in [1.54, 1.807) is 0 Å². The van der Waals surface area contributed by atoms with Gasteiger partial charge in [-0.3, -0.25) is 9.59 Å². The maximum absolute atomic E-state index is 11.5. The van der Waals surface area contributed by atoms with E-state index in [9.17, 15) is 9.59 Å². The summed E-state index contributed by atoms with van der Waals surface area (Å²) in [5.74, 6) is -0.989. The van der Waals surface area contributed by atoms with Gasteiger partial charge in [-0.25, -0.2) is 0 Å². The predicted octanol–water partition coefficient (Wildman–Crippen LogP) is 9.39. The number of carbonyl (C=O) groups is 2. The molecule has 0 saturated heterocycles. The van der Waals surface area contributed by atoms with Crippen molar-refractivity contribution < 1.29 is 19.4 Å². The van der Waals surface area contributed by atoms with Crippen LogP contribution in [0, 0.1) is 0 Å². The molecule has 0 unspecified atom stereocenters. The van der Waals surface area contributed by atoms with E-state index in [0.29, 0.717) is 25.9 Å². The standard InChI is InChI=1S/C29H56O4/c1-2-3-4-5-6-7-8-9-10-11-12-13-14-15-16-17-18-19-20-21-24-27-33-29(32)26-23-22-25-28(30)31/h2-27H2,1H3,(H,30,31). The molecule has 33 heavy (non-hydrogen) atoms. The van der Waals surface area contributed by atoms with Crippen molar-refractivity contribution >= 4 is 11.9 Å². The fourth-order valence-electron chi connectivity index (χ4n) is 4.34. The average molecular weight is 469 g/mol. The Bertz CT molecular complexity index is 422. The largest absolute Gasteiger partial charge is 0.481 e. The van der Waals surface area contributed by atoms with E-state index in [1.807, 2.05) is 0 Å². The summed E-state index contributed by atoms with van der Waals surface area (Å²) in [5.41, 5.74) is 0. The van der Waals surface area contributed by atoms with E-state index in [1.165, 1.54) is 122 Å². The van der Waals surface area contributed by atoms with Crippen LogP contribution in [0.15, 0.2) is 0 Å². The van der Waals surface area contributed by atoms with E-state index in [0.717, 1.165) is 12.8 Å². The summed E-state index contributed by atoms with van der Waals surface area (Å²) >= 11 is 0. The van der Waals surface area contributed by atoms with Gasteiger partial charge in [0.1, 0.15) is 0 Å². The van der Waals surface area contributed by atoms with Crippen LogP contribution in [-0.4, -0.2) is 23.7 Å². The summed E-state index contributed by atoms with van der Waals surface area (Å²) in [4.78, 5) is 21.9. The fourth-order valence-corrected chi connectivity index (χ4v) is 4.34. The number of unbranched alkanes of at least 4 members (excludes halogenated alkanes) is 21. The minimum atomic E-state index is -0.803. The Kier molecular flexibility index (Phi) is 26.3. The summed E-state index contributed by atoms with van der Waals surface area (Å²) in [6, 6.07) is 0. The third-order valence-corrected chi connectivity index (χ3v) is 6.53. The van der Waals surface area contributed by atoms with Gasteiger partial charge in [0.15, 0.2) is 0 Å². The van der Waals surface area contributed by atoms with Crippen LogP contribution in [-0.2, 0) is 14.3 Å². The van der Waals surface area contributed by atoms with Gasteiger partial charge in [-0.2, -0.15) is 0 Å². The van der Waals surface area contributed by atoms with Crippen LogP contribution in [0.3, 0.4) is 0 Å². The summed E-state index contributed by atoms with van der Waals surface area (Å²) in [6.07, 6.45) is 30.3. The van der Waals surface area contributed by atoms with E-state index in [4.69, 9.17) is 9.84 Å². The molecule has 0 bridgehead atoms. The van der Waals surface area contributed by atoms with Gasteiger partial charge in [0.2, 0.25) is 0 Å². The fraction of sp³-hybridized carbons (Fsp3) is 0.931. The van der Waals surface area contributed by atoms with Crippen LogP contribution >= 0.6 is 0 Å². The number of rotatable bonds is 27. The predicted molar refractivity (Wildman–Crippen MR) is 140 cm³/mol. The quantitative estimate of drug-likeness (QED) is 0.0963. The zero-order valence-corrected chi connectivity index (χ0v) is 22.1. The molecule has 196 valence electrons. The van der Waals surface area contributed by atoms with Gasteiger partial charge in [-0.1, -0.05) is 135 Å². The molecular weight excluding hydrogens is 412 g/mol. The van der Waals surface area contributed by atoms with Crippen molar-refractivity contribution in [2.45, 2.75) is 167 Å². The Labute approximate surface area is 205 Å². The first-order chi connectivity index (χ1) is 16.2.